The van der Waals surface area contributed by atoms with Crippen molar-refractivity contribution in [1.29, 1.82) is 0 Å². The molecule has 3 aliphatic carbocycles. The highest BCUT2D eigenvalue weighted by atomic mass is 16.2. The Kier molecular flexibility index (Phi) is 5.48. The van der Waals surface area contributed by atoms with Gasteiger partial charge in [-0.25, -0.2) is 4.98 Å². The summed E-state index contributed by atoms with van der Waals surface area (Å²) in [6, 6.07) is 5.89. The number of carbonyl (C=O) groups excluding carboxylic acids is 2. The number of hydrogen-bond donors (Lipinski definition) is 2. The van der Waals surface area contributed by atoms with E-state index < -0.39 is 0 Å². The second kappa shape index (κ2) is 8.18. The highest BCUT2D eigenvalue weighted by molar-refractivity contribution is 5.93. The summed E-state index contributed by atoms with van der Waals surface area (Å²) >= 11 is 0. The number of aromatic nitrogens is 2. The molecule has 32 heavy (non-hydrogen) atoms. The van der Waals surface area contributed by atoms with E-state index in [0.717, 1.165) is 38.0 Å². The van der Waals surface area contributed by atoms with Crippen molar-refractivity contribution in [2.75, 3.05) is 26.2 Å². The second-order valence-electron chi connectivity index (χ2n) is 10.7. The van der Waals surface area contributed by atoms with Crippen LogP contribution in [0, 0.1) is 23.2 Å². The van der Waals surface area contributed by atoms with Crippen LogP contribution in [0.4, 0.5) is 0 Å². The van der Waals surface area contributed by atoms with Gasteiger partial charge in [-0.05, 0) is 61.5 Å². The first-order valence-corrected chi connectivity index (χ1v) is 12.1. The Labute approximate surface area is 190 Å². The molecular weight excluding hydrogens is 402 g/mol. The highest BCUT2D eigenvalue weighted by Gasteiger charge is 2.53. The van der Waals surface area contributed by atoms with Crippen molar-refractivity contribution in [3.8, 4) is 0 Å². The highest BCUT2D eigenvalue weighted by Crippen LogP contribution is 2.61. The molecule has 7 heteroatoms. The number of piperazine rings is 1. The minimum Gasteiger partial charge on any atom is -0.350 e. The smallest absolute Gasteiger partial charge is 0.268 e. The van der Waals surface area contributed by atoms with Crippen molar-refractivity contribution in [2.45, 2.75) is 52.5 Å². The molecule has 0 aromatic carbocycles. The quantitative estimate of drug-likeness (QED) is 0.753. The third-order valence-electron chi connectivity index (χ3n) is 8.35. The lowest BCUT2D eigenvalue weighted by atomic mass is 9.45. The summed E-state index contributed by atoms with van der Waals surface area (Å²) in [6.45, 7) is 9.86. The van der Waals surface area contributed by atoms with E-state index in [9.17, 15) is 9.59 Å². The van der Waals surface area contributed by atoms with Gasteiger partial charge in [0.25, 0.3) is 5.91 Å². The lowest BCUT2D eigenvalue weighted by Gasteiger charge is -2.60. The number of rotatable bonds is 5. The van der Waals surface area contributed by atoms with Gasteiger partial charge in [0.2, 0.25) is 5.91 Å². The van der Waals surface area contributed by atoms with Crippen molar-refractivity contribution in [2.24, 2.45) is 23.2 Å². The molecule has 172 valence electrons. The van der Waals surface area contributed by atoms with Crippen LogP contribution >= 0.6 is 0 Å². The largest absolute Gasteiger partial charge is 0.350 e. The Hall–Kier alpha value is -2.41. The first-order chi connectivity index (χ1) is 15.3. The summed E-state index contributed by atoms with van der Waals surface area (Å²) in [5, 5.41) is 6.55. The van der Waals surface area contributed by atoms with Gasteiger partial charge in [-0.15, -0.1) is 0 Å². The van der Waals surface area contributed by atoms with Gasteiger partial charge in [-0.2, -0.15) is 0 Å². The molecule has 3 saturated carbocycles. The molecule has 7 nitrogen and oxygen atoms in total. The number of pyridine rings is 1. The van der Waals surface area contributed by atoms with Crippen molar-refractivity contribution >= 4 is 17.5 Å². The van der Waals surface area contributed by atoms with Crippen molar-refractivity contribution in [3.05, 3.63) is 35.8 Å². The molecule has 4 atom stereocenters. The average molecular weight is 438 g/mol. The monoisotopic (exact) mass is 437 g/mol. The van der Waals surface area contributed by atoms with Crippen LogP contribution < -0.4 is 10.6 Å². The van der Waals surface area contributed by atoms with Gasteiger partial charge in [0.05, 0.1) is 12.1 Å². The predicted octanol–water partition coefficient (Wildman–Crippen LogP) is 2.50. The number of amides is 2. The van der Waals surface area contributed by atoms with E-state index in [1.807, 2.05) is 33.7 Å². The molecule has 2 N–H and O–H groups in total. The number of hydrogen-bond acceptors (Lipinski definition) is 4. The number of fused-ring (bicyclic) bond motifs is 3. The van der Waals surface area contributed by atoms with Crippen molar-refractivity contribution < 1.29 is 9.59 Å². The lowest BCUT2D eigenvalue weighted by molar-refractivity contribution is -0.131. The minimum atomic E-state index is -0.0685. The Bertz CT molecular complexity index is 1030. The van der Waals surface area contributed by atoms with Gasteiger partial charge in [-0.3, -0.25) is 14.0 Å². The van der Waals surface area contributed by atoms with E-state index in [4.69, 9.17) is 0 Å². The molecule has 4 fully saturated rings. The molecule has 0 spiro atoms. The van der Waals surface area contributed by atoms with Gasteiger partial charge in [0.1, 0.15) is 11.3 Å². The molecule has 0 radical (unpaired) electrons. The summed E-state index contributed by atoms with van der Waals surface area (Å²) in [7, 11) is 0. The molecular formula is C25H35N5O2. The standard InChI is InChI=1S/C25H35N5O2/c1-16-14-29(10-9-26-16)23(31)12-19-15-30-21(5-4-6-22(30)28-19)24(32)27-13-17-7-8-18-11-20(17)25(18,2)3/h4-6,15-18,20,26H,7-14H2,1-3H3,(H,27,32)/t16-,17+,18-,20+/m1/s1. The maximum atomic E-state index is 13.1. The molecule has 2 aromatic rings. The van der Waals surface area contributed by atoms with E-state index >= 15 is 0 Å². The normalized spacial score (nSPS) is 28.9. The maximum absolute atomic E-state index is 13.1. The predicted molar refractivity (Wildman–Crippen MR) is 123 cm³/mol. The van der Waals surface area contributed by atoms with Crippen LogP contribution in [0.5, 0.6) is 0 Å². The van der Waals surface area contributed by atoms with Crippen LogP contribution in [0.3, 0.4) is 0 Å². The molecule has 6 rings (SSSR count). The minimum absolute atomic E-state index is 0.0685. The van der Waals surface area contributed by atoms with Crippen LogP contribution in [0.2, 0.25) is 0 Å². The molecule has 0 unspecified atom stereocenters. The van der Waals surface area contributed by atoms with E-state index in [1.54, 1.807) is 0 Å². The zero-order valence-corrected chi connectivity index (χ0v) is 19.4. The number of carbonyl (C=O) groups is 2. The van der Waals surface area contributed by atoms with Crippen LogP contribution in [0.25, 0.3) is 5.65 Å². The van der Waals surface area contributed by atoms with E-state index in [-0.39, 0.29) is 18.2 Å². The van der Waals surface area contributed by atoms with E-state index in [2.05, 4.69) is 36.4 Å². The Balaban J connectivity index is 1.26. The summed E-state index contributed by atoms with van der Waals surface area (Å²) in [5.74, 6) is 2.17. The van der Waals surface area contributed by atoms with Gasteiger partial charge < -0.3 is 15.5 Å². The van der Waals surface area contributed by atoms with Crippen molar-refractivity contribution in [1.82, 2.24) is 24.9 Å². The van der Waals surface area contributed by atoms with Crippen LogP contribution in [0.1, 0.15) is 56.2 Å². The van der Waals surface area contributed by atoms with Gasteiger partial charge >= 0.3 is 0 Å². The molecule has 3 heterocycles. The molecule has 4 aliphatic rings. The first-order valence-electron chi connectivity index (χ1n) is 12.1. The number of nitrogens with zero attached hydrogens (tertiary/aromatic N) is 3. The summed E-state index contributed by atoms with van der Waals surface area (Å²) in [5.41, 5.74) is 2.40. The Morgan fingerprint density at radius 2 is 2.12 bits per heavy atom. The van der Waals surface area contributed by atoms with E-state index in [1.165, 1.54) is 19.3 Å². The summed E-state index contributed by atoms with van der Waals surface area (Å²) in [6.07, 6.45) is 5.91. The van der Waals surface area contributed by atoms with Crippen molar-refractivity contribution in [3.63, 3.8) is 0 Å². The topological polar surface area (TPSA) is 78.7 Å². The zero-order chi connectivity index (χ0) is 22.5. The fourth-order valence-corrected chi connectivity index (χ4v) is 6.28. The van der Waals surface area contributed by atoms with Gasteiger partial charge in [-0.1, -0.05) is 19.9 Å². The molecule has 1 saturated heterocycles. The number of imidazole rings is 1. The maximum Gasteiger partial charge on any atom is 0.268 e. The Morgan fingerprint density at radius 1 is 1.28 bits per heavy atom. The molecule has 1 aliphatic heterocycles. The first kappa shape index (κ1) is 21.4. The third-order valence-corrected chi connectivity index (χ3v) is 8.35. The average Bonchev–Trinajstić information content (AvgIpc) is 3.19. The van der Waals surface area contributed by atoms with Gasteiger partial charge in [0.15, 0.2) is 0 Å². The van der Waals surface area contributed by atoms with Crippen LogP contribution in [0.15, 0.2) is 24.4 Å². The van der Waals surface area contributed by atoms with E-state index in [0.29, 0.717) is 34.4 Å². The third kappa shape index (κ3) is 3.81. The zero-order valence-electron chi connectivity index (χ0n) is 19.4. The fraction of sp³-hybridized carbons (Fsp3) is 0.640. The van der Waals surface area contributed by atoms with Gasteiger partial charge in [0, 0.05) is 38.4 Å². The van der Waals surface area contributed by atoms with Crippen LogP contribution in [-0.2, 0) is 11.2 Å². The fourth-order valence-electron chi connectivity index (χ4n) is 6.28. The summed E-state index contributed by atoms with van der Waals surface area (Å²) < 4.78 is 1.82. The SMILES string of the molecule is C[C@@H]1CN(C(=O)Cc2cn3c(C(=O)NC[C@@H]4CC[C@@H]5C[C@@H]4C5(C)C)cccc3n2)CCN1. The van der Waals surface area contributed by atoms with Crippen LogP contribution in [-0.4, -0.2) is 58.3 Å². The summed E-state index contributed by atoms with van der Waals surface area (Å²) in [4.78, 5) is 32.3. The lowest BCUT2D eigenvalue weighted by Crippen LogP contribution is -2.54. The second-order valence-corrected chi connectivity index (χ2v) is 10.7. The molecule has 2 bridgehead atoms. The number of nitrogens with one attached hydrogen (secondary N) is 2. The Morgan fingerprint density at radius 3 is 2.88 bits per heavy atom. The molecule has 2 aromatic heterocycles. The molecule has 2 amide bonds.